The first-order chi connectivity index (χ1) is 14.5. The highest BCUT2D eigenvalue weighted by molar-refractivity contribution is 8.01. The van der Waals surface area contributed by atoms with Crippen molar-refractivity contribution in [2.75, 3.05) is 13.1 Å². The topological polar surface area (TPSA) is 95.5 Å². The number of amides is 2. The van der Waals surface area contributed by atoms with Crippen LogP contribution in [0.4, 0.5) is 0 Å². The maximum Gasteiger partial charge on any atom is 0.303 e. The number of hydrogen-bond acceptors (Lipinski definition) is 4. The zero-order valence-corrected chi connectivity index (χ0v) is 19.1. The minimum Gasteiger partial charge on any atom is -0.481 e. The van der Waals surface area contributed by atoms with Crippen molar-refractivity contribution in [2.24, 2.45) is 11.8 Å². The van der Waals surface area contributed by atoms with Crippen LogP contribution in [-0.2, 0) is 14.4 Å². The van der Waals surface area contributed by atoms with Gasteiger partial charge >= 0.3 is 5.97 Å². The fraction of sp³-hybridized carbons (Fsp3) is 0.783. The predicted molar refractivity (Wildman–Crippen MR) is 121 cm³/mol. The van der Waals surface area contributed by atoms with E-state index in [2.05, 4.69) is 41.5 Å². The number of unbranched alkanes of at least 4 members (excludes halogenated alkanes) is 3. The van der Waals surface area contributed by atoms with Gasteiger partial charge in [0.1, 0.15) is 0 Å². The van der Waals surface area contributed by atoms with Crippen molar-refractivity contribution in [3.05, 3.63) is 12.2 Å². The van der Waals surface area contributed by atoms with Crippen molar-refractivity contribution < 1.29 is 19.5 Å². The summed E-state index contributed by atoms with van der Waals surface area (Å²) in [7, 11) is 0. The van der Waals surface area contributed by atoms with Gasteiger partial charge in [0.05, 0.1) is 6.54 Å². The Hall–Kier alpha value is -1.50. The third kappa shape index (κ3) is 8.70. The van der Waals surface area contributed by atoms with Crippen LogP contribution in [0.15, 0.2) is 12.2 Å². The van der Waals surface area contributed by atoms with Gasteiger partial charge in [-0.15, -0.1) is 0 Å². The summed E-state index contributed by atoms with van der Waals surface area (Å²) >= 11 is 2.12. The first kappa shape index (κ1) is 24.8. The number of nitrogens with one attached hydrogen (secondary N) is 2. The molecule has 0 spiro atoms. The zero-order chi connectivity index (χ0) is 21.8. The fourth-order valence-corrected chi connectivity index (χ4v) is 6.63. The number of fused-ring (bicyclic) bond motifs is 2. The number of carbonyl (C=O) groups excluding carboxylic acids is 2. The number of aliphatic carboxylic acids is 1. The molecule has 2 rings (SSSR count). The molecule has 0 aromatic carbocycles. The van der Waals surface area contributed by atoms with Crippen LogP contribution in [0.1, 0.15) is 77.6 Å². The molecule has 2 amide bonds. The quantitative estimate of drug-likeness (QED) is 0.266. The van der Waals surface area contributed by atoms with E-state index in [1.165, 1.54) is 12.8 Å². The Morgan fingerprint density at radius 2 is 1.73 bits per heavy atom. The maximum atomic E-state index is 12.0. The van der Waals surface area contributed by atoms with Crippen molar-refractivity contribution in [1.29, 1.82) is 0 Å². The van der Waals surface area contributed by atoms with Gasteiger partial charge in [0.25, 0.3) is 0 Å². The Balaban J connectivity index is 1.64. The molecule has 0 saturated carbocycles. The average Bonchev–Trinajstić information content (AvgIpc) is 3.31. The van der Waals surface area contributed by atoms with Gasteiger partial charge in [-0.2, -0.15) is 11.8 Å². The van der Waals surface area contributed by atoms with E-state index in [1.807, 2.05) is 0 Å². The predicted octanol–water partition coefficient (Wildman–Crippen LogP) is 3.90. The van der Waals surface area contributed by atoms with E-state index in [0.717, 1.165) is 43.8 Å². The Labute approximate surface area is 185 Å². The number of carboxylic acids is 1. The molecule has 0 aromatic heterocycles. The Bertz CT molecular complexity index is 596. The second-order valence-corrected chi connectivity index (χ2v) is 9.97. The summed E-state index contributed by atoms with van der Waals surface area (Å²) in [6, 6.07) is 0. The fourth-order valence-electron chi connectivity index (χ4n) is 4.58. The van der Waals surface area contributed by atoms with Gasteiger partial charge in [0.2, 0.25) is 11.8 Å². The molecule has 2 heterocycles. The summed E-state index contributed by atoms with van der Waals surface area (Å²) < 4.78 is 0. The standard InChI is InChI=1S/C23H38N2O4S/c1-2-3-6-10-21(26)25-16-22(27)24-15-14-18-17(19-12-13-20(18)30-19)9-7-4-5-8-11-23(28)29/h4,7,17-20H,2-3,5-6,8-16H2,1H3,(H,24,27)(H,25,26)(H,28,29)/t17-,18+,19-,20+/m1/s1. The lowest BCUT2D eigenvalue weighted by Gasteiger charge is -2.29. The molecule has 30 heavy (non-hydrogen) atoms. The number of thioether (sulfide) groups is 1. The van der Waals surface area contributed by atoms with Crippen molar-refractivity contribution in [3.63, 3.8) is 0 Å². The van der Waals surface area contributed by atoms with Crippen LogP contribution in [0.3, 0.4) is 0 Å². The highest BCUT2D eigenvalue weighted by atomic mass is 32.2. The van der Waals surface area contributed by atoms with Gasteiger partial charge in [-0.3, -0.25) is 14.4 Å². The van der Waals surface area contributed by atoms with Crippen molar-refractivity contribution in [3.8, 4) is 0 Å². The first-order valence-corrected chi connectivity index (χ1v) is 12.5. The molecular weight excluding hydrogens is 400 g/mol. The van der Waals surface area contributed by atoms with Crippen LogP contribution in [0, 0.1) is 11.8 Å². The van der Waals surface area contributed by atoms with E-state index >= 15 is 0 Å². The lowest BCUT2D eigenvalue weighted by molar-refractivity contribution is -0.137. The third-order valence-corrected chi connectivity index (χ3v) is 8.05. The normalized spacial score (nSPS) is 25.0. The van der Waals surface area contributed by atoms with E-state index < -0.39 is 5.97 Å². The van der Waals surface area contributed by atoms with Gasteiger partial charge in [-0.1, -0.05) is 31.9 Å². The molecule has 6 nitrogen and oxygen atoms in total. The summed E-state index contributed by atoms with van der Waals surface area (Å²) in [4.78, 5) is 34.3. The minimum absolute atomic E-state index is 0.0432. The van der Waals surface area contributed by atoms with Gasteiger partial charge in [0, 0.05) is 29.9 Å². The van der Waals surface area contributed by atoms with Gasteiger partial charge in [0.15, 0.2) is 0 Å². The molecule has 2 saturated heterocycles. The highest BCUT2D eigenvalue weighted by Crippen LogP contribution is 2.55. The van der Waals surface area contributed by atoms with Gasteiger partial charge in [-0.25, -0.2) is 0 Å². The number of rotatable bonds is 15. The SMILES string of the molecule is CCCCCC(=O)NCC(=O)NCC[C@H]1[C@@H](CC=CCCCC(=O)O)[C@H]2CC[C@@H]1S2. The van der Waals surface area contributed by atoms with E-state index in [1.54, 1.807) is 0 Å². The van der Waals surface area contributed by atoms with Crippen LogP contribution in [0.2, 0.25) is 0 Å². The number of hydrogen-bond donors (Lipinski definition) is 3. The molecule has 4 atom stereocenters. The zero-order valence-electron chi connectivity index (χ0n) is 18.2. The molecular formula is C23H38N2O4S. The lowest BCUT2D eigenvalue weighted by atomic mass is 9.76. The molecule has 0 aromatic rings. The minimum atomic E-state index is -0.730. The molecule has 2 aliphatic rings. The lowest BCUT2D eigenvalue weighted by Crippen LogP contribution is -2.38. The van der Waals surface area contributed by atoms with Gasteiger partial charge < -0.3 is 15.7 Å². The third-order valence-electron chi connectivity index (χ3n) is 6.18. The van der Waals surface area contributed by atoms with Crippen LogP contribution in [-0.4, -0.2) is 46.5 Å². The van der Waals surface area contributed by atoms with Crippen molar-refractivity contribution >= 4 is 29.5 Å². The average molecular weight is 439 g/mol. The summed E-state index contributed by atoms with van der Waals surface area (Å²) in [6.45, 7) is 2.83. The second-order valence-electron chi connectivity index (χ2n) is 8.48. The van der Waals surface area contributed by atoms with E-state index in [9.17, 15) is 14.4 Å². The van der Waals surface area contributed by atoms with E-state index in [-0.39, 0.29) is 24.8 Å². The molecule has 170 valence electrons. The molecule has 0 unspecified atom stereocenters. The molecule has 7 heteroatoms. The molecule has 0 aliphatic carbocycles. The number of carbonyl (C=O) groups is 3. The second kappa shape index (κ2) is 13.7. The van der Waals surface area contributed by atoms with E-state index in [4.69, 9.17) is 5.11 Å². The monoisotopic (exact) mass is 438 g/mol. The number of allylic oxidation sites excluding steroid dienone is 2. The maximum absolute atomic E-state index is 12.0. The molecule has 2 fully saturated rings. The summed E-state index contributed by atoms with van der Waals surface area (Å²) in [6.07, 6.45) is 14.2. The highest BCUT2D eigenvalue weighted by Gasteiger charge is 2.46. The Morgan fingerprint density at radius 1 is 0.967 bits per heavy atom. The molecule has 2 aliphatic heterocycles. The Kier molecular flexibility index (Phi) is 11.3. The largest absolute Gasteiger partial charge is 0.481 e. The Morgan fingerprint density at radius 3 is 2.47 bits per heavy atom. The molecule has 3 N–H and O–H groups in total. The van der Waals surface area contributed by atoms with Crippen LogP contribution < -0.4 is 10.6 Å². The van der Waals surface area contributed by atoms with E-state index in [0.29, 0.717) is 36.5 Å². The van der Waals surface area contributed by atoms with Crippen LogP contribution >= 0.6 is 11.8 Å². The van der Waals surface area contributed by atoms with Crippen LogP contribution in [0.25, 0.3) is 0 Å². The van der Waals surface area contributed by atoms with Crippen molar-refractivity contribution in [2.45, 2.75) is 88.1 Å². The smallest absolute Gasteiger partial charge is 0.303 e. The first-order valence-electron chi connectivity index (χ1n) is 11.6. The van der Waals surface area contributed by atoms with Gasteiger partial charge in [-0.05, 0) is 56.8 Å². The van der Waals surface area contributed by atoms with Crippen LogP contribution in [0.5, 0.6) is 0 Å². The summed E-state index contributed by atoms with van der Waals surface area (Å²) in [5, 5.41) is 15.8. The summed E-state index contributed by atoms with van der Waals surface area (Å²) in [5.74, 6) is 0.398. The summed E-state index contributed by atoms with van der Waals surface area (Å²) in [5.41, 5.74) is 0. The van der Waals surface area contributed by atoms with Crippen molar-refractivity contribution in [1.82, 2.24) is 10.6 Å². The molecule has 2 bridgehead atoms. The molecule has 0 radical (unpaired) electrons. The number of carboxylic acid groups (broad SMARTS) is 1.